The smallest absolute Gasteiger partial charge is 0.322 e. The van der Waals surface area contributed by atoms with Crippen LogP contribution in [0.4, 0.5) is 0 Å². The van der Waals surface area contributed by atoms with Crippen LogP contribution in [0, 0.1) is 0 Å². The normalized spacial score (nSPS) is 12.7. The summed E-state index contributed by atoms with van der Waals surface area (Å²) in [5, 5.41) is 33.2. The molecule has 0 aromatic rings. The Balaban J connectivity index is 4.35. The molecule has 0 aliphatic carbocycles. The molecule has 0 aromatic heterocycles. The van der Waals surface area contributed by atoms with Crippen LogP contribution in [0.25, 0.3) is 0 Å². The molecule has 0 aliphatic rings. The molecule has 11 nitrogen and oxygen atoms in total. The lowest BCUT2D eigenvalue weighted by atomic mass is 10.1. The number of carbonyl (C=O) groups is 5. The van der Waals surface area contributed by atoms with Gasteiger partial charge in [0.15, 0.2) is 0 Å². The Bertz CT molecular complexity index is 528. The van der Waals surface area contributed by atoms with Gasteiger partial charge in [-0.1, -0.05) is 0 Å². The standard InChI is InChI=1S/C14H23N3O8S/c18-10(17-9(7-26)13(23)16-6-12(21)22)4-3-8(14(24)25)15-5-1-2-11(19)20/h8-9,15,26H,1-7H2,(H,16,23)(H,17,18)(H,19,20)(H,21,22)(H,24,25)/t8-,9-/m0/s1. The van der Waals surface area contributed by atoms with Crippen molar-refractivity contribution in [2.75, 3.05) is 18.8 Å². The monoisotopic (exact) mass is 393 g/mol. The molecule has 0 bridgehead atoms. The van der Waals surface area contributed by atoms with Crippen LogP contribution in [0.15, 0.2) is 0 Å². The van der Waals surface area contributed by atoms with Crippen molar-refractivity contribution in [1.29, 1.82) is 0 Å². The zero-order chi connectivity index (χ0) is 20.1. The molecular weight excluding hydrogens is 370 g/mol. The summed E-state index contributed by atoms with van der Waals surface area (Å²) >= 11 is 3.91. The van der Waals surface area contributed by atoms with Crippen LogP contribution in [0.2, 0.25) is 0 Å². The maximum Gasteiger partial charge on any atom is 0.322 e. The third-order valence-corrected chi connectivity index (χ3v) is 3.53. The Morgan fingerprint density at radius 1 is 0.923 bits per heavy atom. The SMILES string of the molecule is O=C(O)CCCN[C@@H](CCC(=O)N[C@@H](CS)C(=O)NCC(=O)O)C(=O)O. The Morgan fingerprint density at radius 2 is 1.58 bits per heavy atom. The fourth-order valence-corrected chi connectivity index (χ4v) is 2.11. The lowest BCUT2D eigenvalue weighted by Crippen LogP contribution is -2.49. The molecule has 0 aliphatic heterocycles. The molecule has 0 saturated heterocycles. The number of thiol groups is 1. The molecule has 0 heterocycles. The predicted molar refractivity (Wildman–Crippen MR) is 92.0 cm³/mol. The molecule has 0 radical (unpaired) electrons. The lowest BCUT2D eigenvalue weighted by molar-refractivity contribution is -0.140. The van der Waals surface area contributed by atoms with E-state index in [4.69, 9.17) is 15.3 Å². The highest BCUT2D eigenvalue weighted by atomic mass is 32.1. The van der Waals surface area contributed by atoms with Crippen LogP contribution in [-0.2, 0) is 24.0 Å². The number of hydrogen-bond donors (Lipinski definition) is 7. The zero-order valence-electron chi connectivity index (χ0n) is 13.9. The fourth-order valence-electron chi connectivity index (χ4n) is 1.85. The first kappa shape index (κ1) is 23.7. The molecule has 0 saturated carbocycles. The molecule has 12 heteroatoms. The summed E-state index contributed by atoms with van der Waals surface area (Å²) in [6.45, 7) is -0.428. The minimum Gasteiger partial charge on any atom is -0.481 e. The summed E-state index contributed by atoms with van der Waals surface area (Å²) in [5.74, 6) is -4.77. The molecule has 0 aromatic carbocycles. The van der Waals surface area contributed by atoms with Gasteiger partial charge in [0.25, 0.3) is 0 Å². The first-order valence-electron chi connectivity index (χ1n) is 7.75. The van der Waals surface area contributed by atoms with Crippen molar-refractivity contribution in [1.82, 2.24) is 16.0 Å². The van der Waals surface area contributed by atoms with E-state index in [1.807, 2.05) is 0 Å². The number of carboxylic acids is 3. The molecule has 148 valence electrons. The van der Waals surface area contributed by atoms with Crippen molar-refractivity contribution < 1.29 is 39.3 Å². The highest BCUT2D eigenvalue weighted by Gasteiger charge is 2.22. The minimum atomic E-state index is -1.24. The summed E-state index contributed by atoms with van der Waals surface area (Å²) in [4.78, 5) is 55.5. The van der Waals surface area contributed by atoms with E-state index in [0.717, 1.165) is 0 Å². The van der Waals surface area contributed by atoms with Crippen molar-refractivity contribution in [2.45, 2.75) is 37.8 Å². The van der Waals surface area contributed by atoms with Crippen molar-refractivity contribution in [2.24, 2.45) is 0 Å². The number of amides is 2. The number of rotatable bonds is 14. The van der Waals surface area contributed by atoms with Gasteiger partial charge in [-0.2, -0.15) is 12.6 Å². The topological polar surface area (TPSA) is 182 Å². The predicted octanol–water partition coefficient (Wildman–Crippen LogP) is -1.71. The highest BCUT2D eigenvalue weighted by molar-refractivity contribution is 7.80. The molecular formula is C14H23N3O8S. The second kappa shape index (κ2) is 12.9. The molecule has 26 heavy (non-hydrogen) atoms. The van der Waals surface area contributed by atoms with Crippen molar-refractivity contribution in [3.05, 3.63) is 0 Å². The Labute approximate surface area is 154 Å². The molecule has 6 N–H and O–H groups in total. The van der Waals surface area contributed by atoms with E-state index in [2.05, 4.69) is 28.6 Å². The van der Waals surface area contributed by atoms with Gasteiger partial charge in [-0.3, -0.25) is 24.0 Å². The van der Waals surface area contributed by atoms with Crippen LogP contribution in [0.3, 0.4) is 0 Å². The number of nitrogens with one attached hydrogen (secondary N) is 3. The lowest BCUT2D eigenvalue weighted by Gasteiger charge is -2.17. The summed E-state index contributed by atoms with van der Waals surface area (Å²) in [6, 6.07) is -2.08. The van der Waals surface area contributed by atoms with Crippen LogP contribution >= 0.6 is 12.6 Å². The van der Waals surface area contributed by atoms with Gasteiger partial charge in [0.2, 0.25) is 11.8 Å². The van der Waals surface area contributed by atoms with E-state index >= 15 is 0 Å². The fraction of sp³-hybridized carbons (Fsp3) is 0.643. The van der Waals surface area contributed by atoms with Crippen molar-refractivity contribution in [3.63, 3.8) is 0 Å². The summed E-state index contributed by atoms with van der Waals surface area (Å²) in [5.41, 5.74) is 0. The quantitative estimate of drug-likeness (QED) is 0.133. The van der Waals surface area contributed by atoms with Crippen molar-refractivity contribution >= 4 is 42.4 Å². The minimum absolute atomic E-state index is 0.0625. The number of aliphatic carboxylic acids is 3. The van der Waals surface area contributed by atoms with Gasteiger partial charge in [0.05, 0.1) is 0 Å². The zero-order valence-corrected chi connectivity index (χ0v) is 14.8. The average molecular weight is 393 g/mol. The summed E-state index contributed by atoms with van der Waals surface area (Å²) in [7, 11) is 0. The van der Waals surface area contributed by atoms with Crippen molar-refractivity contribution in [3.8, 4) is 0 Å². The first-order valence-corrected chi connectivity index (χ1v) is 8.38. The van der Waals surface area contributed by atoms with Gasteiger partial charge in [-0.05, 0) is 19.4 Å². The van der Waals surface area contributed by atoms with E-state index in [-0.39, 0.29) is 38.0 Å². The van der Waals surface area contributed by atoms with E-state index in [9.17, 15) is 24.0 Å². The Kier molecular flexibility index (Phi) is 11.8. The first-order chi connectivity index (χ1) is 12.2. The van der Waals surface area contributed by atoms with E-state index in [0.29, 0.717) is 0 Å². The van der Waals surface area contributed by atoms with Crippen LogP contribution < -0.4 is 16.0 Å². The van der Waals surface area contributed by atoms with Gasteiger partial charge >= 0.3 is 17.9 Å². The molecule has 0 rings (SSSR count). The van der Waals surface area contributed by atoms with Crippen LogP contribution in [0.1, 0.15) is 25.7 Å². The molecule has 2 amide bonds. The third-order valence-electron chi connectivity index (χ3n) is 3.16. The second-order valence-electron chi connectivity index (χ2n) is 5.30. The molecule has 0 fully saturated rings. The van der Waals surface area contributed by atoms with E-state index < -0.39 is 48.4 Å². The Morgan fingerprint density at radius 3 is 2.08 bits per heavy atom. The van der Waals surface area contributed by atoms with Gasteiger partial charge in [0.1, 0.15) is 18.6 Å². The summed E-state index contributed by atoms with van der Waals surface area (Å²) < 4.78 is 0. The van der Waals surface area contributed by atoms with Gasteiger partial charge in [-0.15, -0.1) is 0 Å². The largest absolute Gasteiger partial charge is 0.481 e. The molecule has 2 atom stereocenters. The Hall–Kier alpha value is -2.34. The molecule has 0 spiro atoms. The number of hydrogen-bond acceptors (Lipinski definition) is 7. The number of carboxylic acid groups (broad SMARTS) is 3. The third kappa shape index (κ3) is 11.3. The van der Waals surface area contributed by atoms with E-state index in [1.54, 1.807) is 0 Å². The van der Waals surface area contributed by atoms with Gasteiger partial charge < -0.3 is 31.3 Å². The highest BCUT2D eigenvalue weighted by Crippen LogP contribution is 2.00. The average Bonchev–Trinajstić information content (AvgIpc) is 2.56. The van der Waals surface area contributed by atoms with Crippen LogP contribution in [0.5, 0.6) is 0 Å². The second-order valence-corrected chi connectivity index (χ2v) is 5.66. The van der Waals surface area contributed by atoms with Gasteiger partial charge in [0, 0.05) is 18.6 Å². The maximum atomic E-state index is 11.9. The molecule has 0 unspecified atom stereocenters. The maximum absolute atomic E-state index is 11.9. The van der Waals surface area contributed by atoms with E-state index in [1.165, 1.54) is 0 Å². The van der Waals surface area contributed by atoms with Crippen LogP contribution in [-0.4, -0.2) is 76.0 Å². The van der Waals surface area contributed by atoms with Gasteiger partial charge in [-0.25, -0.2) is 0 Å². The number of carbonyl (C=O) groups excluding carboxylic acids is 2. The summed E-state index contributed by atoms with van der Waals surface area (Å²) in [6.07, 6.45) is -0.116.